The van der Waals surface area contributed by atoms with Gasteiger partial charge in [0.15, 0.2) is 0 Å². The Morgan fingerprint density at radius 3 is 2.63 bits per heavy atom. The number of aliphatic hydroxyl groups is 1. The SMILES string of the molecule is CC(O)c1cccc(S(=O)(=O)Nc2ccccn2)c1. The van der Waals surface area contributed by atoms with E-state index in [1.54, 1.807) is 37.3 Å². The second-order valence-electron chi connectivity index (χ2n) is 4.07. The third-order valence-electron chi connectivity index (χ3n) is 2.55. The van der Waals surface area contributed by atoms with Gasteiger partial charge in [0.1, 0.15) is 5.82 Å². The van der Waals surface area contributed by atoms with E-state index >= 15 is 0 Å². The lowest BCUT2D eigenvalue weighted by molar-refractivity contribution is 0.199. The Balaban J connectivity index is 2.32. The van der Waals surface area contributed by atoms with Crippen molar-refractivity contribution in [2.45, 2.75) is 17.9 Å². The van der Waals surface area contributed by atoms with E-state index in [2.05, 4.69) is 9.71 Å². The van der Waals surface area contributed by atoms with Gasteiger partial charge >= 0.3 is 0 Å². The Hall–Kier alpha value is -1.92. The van der Waals surface area contributed by atoms with Crippen molar-refractivity contribution >= 4 is 15.8 Å². The molecular formula is C13H14N2O3S. The fourth-order valence-corrected chi connectivity index (χ4v) is 2.62. The predicted molar refractivity (Wildman–Crippen MR) is 72.1 cm³/mol. The summed E-state index contributed by atoms with van der Waals surface area (Å²) in [6.45, 7) is 1.58. The first-order chi connectivity index (χ1) is 8.99. The lowest BCUT2D eigenvalue weighted by Gasteiger charge is -2.09. The molecule has 2 rings (SSSR count). The van der Waals surface area contributed by atoms with Crippen molar-refractivity contribution in [3.05, 3.63) is 54.2 Å². The van der Waals surface area contributed by atoms with Crippen molar-refractivity contribution in [3.8, 4) is 0 Å². The molecule has 0 saturated heterocycles. The quantitative estimate of drug-likeness (QED) is 0.895. The maximum Gasteiger partial charge on any atom is 0.263 e. The number of nitrogens with zero attached hydrogens (tertiary/aromatic N) is 1. The smallest absolute Gasteiger partial charge is 0.263 e. The molecule has 2 N–H and O–H groups in total. The van der Waals surface area contributed by atoms with Crippen LogP contribution in [0.25, 0.3) is 0 Å². The third kappa shape index (κ3) is 3.30. The summed E-state index contributed by atoms with van der Waals surface area (Å²) in [6.07, 6.45) is 0.786. The number of aliphatic hydroxyl groups excluding tert-OH is 1. The van der Waals surface area contributed by atoms with Gasteiger partial charge in [-0.25, -0.2) is 13.4 Å². The van der Waals surface area contributed by atoms with E-state index in [0.717, 1.165) is 0 Å². The number of anilines is 1. The van der Waals surface area contributed by atoms with Gasteiger partial charge in [-0.15, -0.1) is 0 Å². The molecule has 0 saturated carbocycles. The van der Waals surface area contributed by atoms with E-state index in [0.29, 0.717) is 5.56 Å². The van der Waals surface area contributed by atoms with E-state index in [1.807, 2.05) is 0 Å². The van der Waals surface area contributed by atoms with Crippen LogP contribution in [-0.4, -0.2) is 18.5 Å². The van der Waals surface area contributed by atoms with Crippen LogP contribution in [0.2, 0.25) is 0 Å². The minimum absolute atomic E-state index is 0.0940. The molecule has 0 aliphatic rings. The Bertz CT molecular complexity index is 655. The minimum Gasteiger partial charge on any atom is -0.389 e. The average Bonchev–Trinajstić information content (AvgIpc) is 2.39. The monoisotopic (exact) mass is 278 g/mol. The van der Waals surface area contributed by atoms with Crippen LogP contribution >= 0.6 is 0 Å². The molecule has 1 aromatic carbocycles. The number of aromatic nitrogens is 1. The number of nitrogens with one attached hydrogen (secondary N) is 1. The lowest BCUT2D eigenvalue weighted by atomic mass is 10.1. The molecule has 1 unspecified atom stereocenters. The van der Waals surface area contributed by atoms with Gasteiger partial charge < -0.3 is 5.11 Å². The summed E-state index contributed by atoms with van der Waals surface area (Å²) in [4.78, 5) is 4.00. The van der Waals surface area contributed by atoms with Gasteiger partial charge in [0, 0.05) is 6.20 Å². The first-order valence-electron chi connectivity index (χ1n) is 5.71. The highest BCUT2D eigenvalue weighted by molar-refractivity contribution is 7.92. The van der Waals surface area contributed by atoms with E-state index in [1.165, 1.54) is 18.3 Å². The van der Waals surface area contributed by atoms with Crippen LogP contribution in [0, 0.1) is 0 Å². The van der Waals surface area contributed by atoms with Gasteiger partial charge in [-0.3, -0.25) is 4.72 Å². The molecule has 0 spiro atoms. The molecule has 5 nitrogen and oxygen atoms in total. The zero-order valence-corrected chi connectivity index (χ0v) is 11.1. The van der Waals surface area contributed by atoms with Crippen LogP contribution in [0.1, 0.15) is 18.6 Å². The molecule has 1 aromatic heterocycles. The van der Waals surface area contributed by atoms with Gasteiger partial charge in [0.25, 0.3) is 10.0 Å². The number of sulfonamides is 1. The molecule has 0 bridgehead atoms. The zero-order valence-electron chi connectivity index (χ0n) is 10.3. The first kappa shape index (κ1) is 13.5. The van der Waals surface area contributed by atoms with E-state index in [9.17, 15) is 13.5 Å². The Morgan fingerprint density at radius 2 is 2.00 bits per heavy atom. The van der Waals surface area contributed by atoms with Gasteiger partial charge in [0.2, 0.25) is 0 Å². The summed E-state index contributed by atoms with van der Waals surface area (Å²) in [5.41, 5.74) is 0.545. The van der Waals surface area contributed by atoms with Crippen LogP contribution in [0.4, 0.5) is 5.82 Å². The summed E-state index contributed by atoms with van der Waals surface area (Å²) in [5, 5.41) is 9.48. The summed E-state index contributed by atoms with van der Waals surface area (Å²) in [7, 11) is -3.69. The number of hydrogen-bond donors (Lipinski definition) is 2. The number of rotatable bonds is 4. The van der Waals surface area contributed by atoms with Crippen LogP contribution < -0.4 is 4.72 Å². The van der Waals surface area contributed by atoms with Crippen molar-refractivity contribution < 1.29 is 13.5 Å². The van der Waals surface area contributed by atoms with Crippen molar-refractivity contribution in [1.29, 1.82) is 0 Å². The van der Waals surface area contributed by atoms with Crippen LogP contribution in [0.15, 0.2) is 53.6 Å². The molecule has 1 heterocycles. The maximum absolute atomic E-state index is 12.1. The molecule has 1 atom stereocenters. The highest BCUT2D eigenvalue weighted by Crippen LogP contribution is 2.19. The summed E-state index contributed by atoms with van der Waals surface area (Å²) in [6, 6.07) is 11.1. The molecule has 0 fully saturated rings. The molecule has 6 heteroatoms. The Morgan fingerprint density at radius 1 is 1.21 bits per heavy atom. The number of pyridine rings is 1. The van der Waals surface area contributed by atoms with Gasteiger partial charge in [-0.1, -0.05) is 18.2 Å². The van der Waals surface area contributed by atoms with Gasteiger partial charge in [0.05, 0.1) is 11.0 Å². The Kier molecular flexibility index (Phi) is 3.82. The normalized spacial score (nSPS) is 12.9. The number of benzene rings is 1. The van der Waals surface area contributed by atoms with Crippen molar-refractivity contribution in [2.75, 3.05) is 4.72 Å². The molecule has 0 amide bonds. The zero-order chi connectivity index (χ0) is 13.9. The van der Waals surface area contributed by atoms with E-state index in [-0.39, 0.29) is 10.7 Å². The first-order valence-corrected chi connectivity index (χ1v) is 7.19. The molecule has 19 heavy (non-hydrogen) atoms. The molecule has 0 radical (unpaired) electrons. The minimum atomic E-state index is -3.69. The third-order valence-corrected chi connectivity index (χ3v) is 3.91. The molecule has 0 aliphatic heterocycles. The van der Waals surface area contributed by atoms with Gasteiger partial charge in [-0.05, 0) is 36.8 Å². The molecular weight excluding hydrogens is 264 g/mol. The summed E-state index contributed by atoms with van der Waals surface area (Å²) >= 11 is 0. The topological polar surface area (TPSA) is 79.3 Å². The van der Waals surface area contributed by atoms with E-state index < -0.39 is 16.1 Å². The van der Waals surface area contributed by atoms with Crippen LogP contribution in [0.5, 0.6) is 0 Å². The molecule has 0 aliphatic carbocycles. The van der Waals surface area contributed by atoms with Crippen molar-refractivity contribution in [2.24, 2.45) is 0 Å². The largest absolute Gasteiger partial charge is 0.389 e. The van der Waals surface area contributed by atoms with Crippen molar-refractivity contribution in [1.82, 2.24) is 4.98 Å². The second-order valence-corrected chi connectivity index (χ2v) is 5.75. The predicted octanol–water partition coefficient (Wildman–Crippen LogP) is 1.94. The van der Waals surface area contributed by atoms with E-state index in [4.69, 9.17) is 0 Å². The lowest BCUT2D eigenvalue weighted by Crippen LogP contribution is -2.14. The highest BCUT2D eigenvalue weighted by atomic mass is 32.2. The highest BCUT2D eigenvalue weighted by Gasteiger charge is 2.15. The average molecular weight is 278 g/mol. The summed E-state index contributed by atoms with van der Waals surface area (Å²) in [5.74, 6) is 0.255. The maximum atomic E-state index is 12.1. The molecule has 100 valence electrons. The van der Waals surface area contributed by atoms with Gasteiger partial charge in [-0.2, -0.15) is 0 Å². The fraction of sp³-hybridized carbons (Fsp3) is 0.154. The summed E-state index contributed by atoms with van der Waals surface area (Å²) < 4.78 is 26.7. The fourth-order valence-electron chi connectivity index (χ4n) is 1.56. The molecule has 2 aromatic rings. The second kappa shape index (κ2) is 5.38. The Labute approximate surface area is 112 Å². The van der Waals surface area contributed by atoms with Crippen LogP contribution in [0.3, 0.4) is 0 Å². The van der Waals surface area contributed by atoms with Crippen LogP contribution in [-0.2, 0) is 10.0 Å². The standard InChI is InChI=1S/C13H14N2O3S/c1-10(16)11-5-4-6-12(9-11)19(17,18)15-13-7-2-3-8-14-13/h2-10,16H,1H3,(H,14,15). The van der Waals surface area contributed by atoms with Crippen molar-refractivity contribution in [3.63, 3.8) is 0 Å². The number of hydrogen-bond acceptors (Lipinski definition) is 4.